The van der Waals surface area contributed by atoms with Gasteiger partial charge in [-0.3, -0.25) is 9.69 Å². The van der Waals surface area contributed by atoms with Crippen molar-refractivity contribution >= 4 is 23.3 Å². The lowest BCUT2D eigenvalue weighted by Gasteiger charge is -2.19. The van der Waals surface area contributed by atoms with E-state index in [-0.39, 0.29) is 24.2 Å². The first-order chi connectivity index (χ1) is 12.6. The lowest BCUT2D eigenvalue weighted by molar-refractivity contribution is -0.116. The Kier molecular flexibility index (Phi) is 5.36. The molecule has 1 aliphatic rings. The monoisotopic (exact) mass is 357 g/mol. The highest BCUT2D eigenvalue weighted by molar-refractivity contribution is 5.99. The standard InChI is InChI=1S/C19H20FN3O3/c1-2-26-15-9-7-14(8-10-15)21-18(24)13-22-11-12-23(19(22)25)17-6-4-3-5-16(17)20/h3-10H,2,11-13H2,1H3,(H,21,24). The summed E-state index contributed by atoms with van der Waals surface area (Å²) in [7, 11) is 0. The number of benzene rings is 2. The van der Waals surface area contributed by atoms with E-state index in [1.807, 2.05) is 6.92 Å². The van der Waals surface area contributed by atoms with Gasteiger partial charge in [-0.15, -0.1) is 0 Å². The molecule has 6 nitrogen and oxygen atoms in total. The number of para-hydroxylation sites is 1. The lowest BCUT2D eigenvalue weighted by atomic mass is 10.3. The van der Waals surface area contributed by atoms with E-state index in [4.69, 9.17) is 4.74 Å². The molecule has 2 aromatic rings. The van der Waals surface area contributed by atoms with Crippen molar-refractivity contribution in [3.8, 4) is 5.75 Å². The van der Waals surface area contributed by atoms with Crippen molar-refractivity contribution < 1.29 is 18.7 Å². The first kappa shape index (κ1) is 17.7. The van der Waals surface area contributed by atoms with Crippen LogP contribution in [0.4, 0.5) is 20.6 Å². The molecule has 0 aliphatic carbocycles. The third-order valence-electron chi connectivity index (χ3n) is 4.02. The van der Waals surface area contributed by atoms with Crippen LogP contribution in [0.25, 0.3) is 0 Å². The zero-order valence-corrected chi connectivity index (χ0v) is 14.4. The van der Waals surface area contributed by atoms with E-state index in [0.29, 0.717) is 25.4 Å². The van der Waals surface area contributed by atoms with Gasteiger partial charge in [0.25, 0.3) is 0 Å². The van der Waals surface area contributed by atoms with Gasteiger partial charge in [0.2, 0.25) is 5.91 Å². The second kappa shape index (κ2) is 7.86. The van der Waals surface area contributed by atoms with Gasteiger partial charge in [0, 0.05) is 18.8 Å². The number of nitrogens with zero attached hydrogens (tertiary/aromatic N) is 2. The second-order valence-electron chi connectivity index (χ2n) is 5.81. The van der Waals surface area contributed by atoms with E-state index in [2.05, 4.69) is 5.32 Å². The molecule has 1 saturated heterocycles. The third-order valence-corrected chi connectivity index (χ3v) is 4.02. The number of hydrogen-bond acceptors (Lipinski definition) is 3. The van der Waals surface area contributed by atoms with Gasteiger partial charge in [-0.1, -0.05) is 12.1 Å². The summed E-state index contributed by atoms with van der Waals surface area (Å²) in [5, 5.41) is 2.74. The van der Waals surface area contributed by atoms with Crippen LogP contribution in [0, 0.1) is 5.82 Å². The number of rotatable bonds is 6. The van der Waals surface area contributed by atoms with Crippen molar-refractivity contribution in [1.82, 2.24) is 4.90 Å². The average molecular weight is 357 g/mol. The number of halogens is 1. The maximum absolute atomic E-state index is 13.9. The Morgan fingerprint density at radius 2 is 1.88 bits per heavy atom. The Hall–Kier alpha value is -3.09. The highest BCUT2D eigenvalue weighted by Crippen LogP contribution is 2.23. The van der Waals surface area contributed by atoms with E-state index in [1.165, 1.54) is 15.9 Å². The fourth-order valence-corrected chi connectivity index (χ4v) is 2.80. The molecular formula is C19H20FN3O3. The molecule has 3 rings (SSSR count). The van der Waals surface area contributed by atoms with Crippen LogP contribution in [0.5, 0.6) is 5.75 Å². The van der Waals surface area contributed by atoms with Gasteiger partial charge in [0.1, 0.15) is 18.1 Å². The number of anilines is 2. The maximum Gasteiger partial charge on any atom is 0.325 e. The summed E-state index contributed by atoms with van der Waals surface area (Å²) in [5.74, 6) is -0.0415. The molecule has 0 atom stereocenters. The largest absolute Gasteiger partial charge is 0.494 e. The Morgan fingerprint density at radius 1 is 1.15 bits per heavy atom. The van der Waals surface area contributed by atoms with Gasteiger partial charge < -0.3 is 15.0 Å². The molecule has 1 heterocycles. The summed E-state index contributed by atoms with van der Waals surface area (Å²) in [4.78, 5) is 27.4. The second-order valence-corrected chi connectivity index (χ2v) is 5.81. The van der Waals surface area contributed by atoms with Crippen LogP contribution in [-0.2, 0) is 4.79 Å². The van der Waals surface area contributed by atoms with Gasteiger partial charge in [0.05, 0.1) is 12.3 Å². The molecule has 3 amide bonds. The summed E-state index contributed by atoms with van der Waals surface area (Å²) in [5.41, 5.74) is 0.850. The molecule has 26 heavy (non-hydrogen) atoms. The van der Waals surface area contributed by atoms with Gasteiger partial charge in [-0.2, -0.15) is 0 Å². The number of hydrogen-bond donors (Lipinski definition) is 1. The van der Waals surface area contributed by atoms with Crippen LogP contribution < -0.4 is 15.0 Å². The van der Waals surface area contributed by atoms with E-state index >= 15 is 0 Å². The molecule has 1 fully saturated rings. The minimum absolute atomic E-state index is 0.0863. The molecule has 7 heteroatoms. The van der Waals surface area contributed by atoms with Gasteiger partial charge in [0.15, 0.2) is 0 Å². The Bertz CT molecular complexity index is 795. The minimum atomic E-state index is -0.457. The molecule has 0 aromatic heterocycles. The van der Waals surface area contributed by atoms with Crippen molar-refractivity contribution in [3.63, 3.8) is 0 Å². The average Bonchev–Trinajstić information content (AvgIpc) is 2.98. The summed E-state index contributed by atoms with van der Waals surface area (Å²) >= 11 is 0. The Labute approximate surface area is 151 Å². The van der Waals surface area contributed by atoms with Crippen LogP contribution in [-0.4, -0.2) is 43.1 Å². The predicted octanol–water partition coefficient (Wildman–Crippen LogP) is 3.11. The summed E-state index contributed by atoms with van der Waals surface area (Å²) in [6.45, 7) is 3.09. The van der Waals surface area contributed by atoms with Crippen molar-refractivity contribution in [2.75, 3.05) is 36.5 Å². The molecule has 1 aliphatic heterocycles. The summed E-state index contributed by atoms with van der Waals surface area (Å²) in [6.07, 6.45) is 0. The first-order valence-electron chi connectivity index (χ1n) is 8.42. The van der Waals surface area contributed by atoms with Gasteiger partial charge in [-0.25, -0.2) is 9.18 Å². The molecule has 0 saturated carbocycles. The van der Waals surface area contributed by atoms with E-state index in [9.17, 15) is 14.0 Å². The zero-order valence-electron chi connectivity index (χ0n) is 14.4. The number of urea groups is 1. The van der Waals surface area contributed by atoms with E-state index in [0.717, 1.165) is 5.75 Å². The van der Waals surface area contributed by atoms with Crippen molar-refractivity contribution in [2.45, 2.75) is 6.92 Å². The zero-order chi connectivity index (χ0) is 18.5. The minimum Gasteiger partial charge on any atom is -0.494 e. The smallest absolute Gasteiger partial charge is 0.325 e. The van der Waals surface area contributed by atoms with Crippen molar-refractivity contribution in [3.05, 3.63) is 54.3 Å². The van der Waals surface area contributed by atoms with Crippen LogP contribution in [0.3, 0.4) is 0 Å². The topological polar surface area (TPSA) is 61.9 Å². The van der Waals surface area contributed by atoms with Crippen LogP contribution in [0.2, 0.25) is 0 Å². The highest BCUT2D eigenvalue weighted by atomic mass is 19.1. The number of carbonyl (C=O) groups is 2. The fourth-order valence-electron chi connectivity index (χ4n) is 2.80. The lowest BCUT2D eigenvalue weighted by Crippen LogP contribution is -2.37. The molecule has 1 N–H and O–H groups in total. The number of ether oxygens (including phenoxy) is 1. The normalized spacial score (nSPS) is 13.8. The Balaban J connectivity index is 1.58. The van der Waals surface area contributed by atoms with Crippen molar-refractivity contribution in [2.24, 2.45) is 0 Å². The predicted molar refractivity (Wildman–Crippen MR) is 97.0 cm³/mol. The first-order valence-corrected chi connectivity index (χ1v) is 8.42. The third kappa shape index (κ3) is 3.93. The molecule has 0 bridgehead atoms. The maximum atomic E-state index is 13.9. The van der Waals surface area contributed by atoms with E-state index in [1.54, 1.807) is 42.5 Å². The quantitative estimate of drug-likeness (QED) is 0.864. The number of nitrogens with one attached hydrogen (secondary N) is 1. The number of carbonyl (C=O) groups excluding carboxylic acids is 2. The molecule has 136 valence electrons. The molecule has 0 unspecified atom stereocenters. The van der Waals surface area contributed by atoms with Crippen LogP contribution >= 0.6 is 0 Å². The fraction of sp³-hybridized carbons (Fsp3) is 0.263. The molecule has 0 radical (unpaired) electrons. The number of amides is 3. The van der Waals surface area contributed by atoms with Crippen LogP contribution in [0.1, 0.15) is 6.92 Å². The van der Waals surface area contributed by atoms with E-state index < -0.39 is 5.82 Å². The Morgan fingerprint density at radius 3 is 2.58 bits per heavy atom. The van der Waals surface area contributed by atoms with Crippen LogP contribution in [0.15, 0.2) is 48.5 Å². The summed E-state index contributed by atoms with van der Waals surface area (Å²) < 4.78 is 19.2. The van der Waals surface area contributed by atoms with Gasteiger partial charge >= 0.3 is 6.03 Å². The SMILES string of the molecule is CCOc1ccc(NC(=O)CN2CCN(c3ccccc3F)C2=O)cc1. The van der Waals surface area contributed by atoms with Crippen molar-refractivity contribution in [1.29, 1.82) is 0 Å². The molecule has 2 aromatic carbocycles. The molecule has 0 spiro atoms. The van der Waals surface area contributed by atoms with Gasteiger partial charge in [-0.05, 0) is 43.3 Å². The molecular weight excluding hydrogens is 337 g/mol. The summed E-state index contributed by atoms with van der Waals surface area (Å²) in [6, 6.07) is 12.7. The highest BCUT2D eigenvalue weighted by Gasteiger charge is 2.32.